The van der Waals surface area contributed by atoms with E-state index in [1.54, 1.807) is 0 Å². The molecule has 0 aliphatic rings. The first-order valence-corrected chi connectivity index (χ1v) is 7.88. The summed E-state index contributed by atoms with van der Waals surface area (Å²) in [6.07, 6.45) is 2.04. The van der Waals surface area contributed by atoms with Gasteiger partial charge >= 0.3 is 0 Å². The molecular weight excluding hydrogens is 278 g/mol. The maximum absolute atomic E-state index is 6.00. The Labute approximate surface area is 133 Å². The first kappa shape index (κ1) is 16.1. The summed E-state index contributed by atoms with van der Waals surface area (Å²) in [4.78, 5) is 0. The van der Waals surface area contributed by atoms with Crippen LogP contribution in [0.1, 0.15) is 27.8 Å². The van der Waals surface area contributed by atoms with Gasteiger partial charge in [0.15, 0.2) is 0 Å². The van der Waals surface area contributed by atoms with E-state index in [1.807, 2.05) is 12.1 Å². The predicted molar refractivity (Wildman–Crippen MR) is 92.1 cm³/mol. The van der Waals surface area contributed by atoms with Crippen LogP contribution >= 0.6 is 11.6 Å². The normalized spacial score (nSPS) is 12.4. The van der Waals surface area contributed by atoms with Crippen molar-refractivity contribution in [1.29, 1.82) is 0 Å². The summed E-state index contributed by atoms with van der Waals surface area (Å²) in [7, 11) is 0. The van der Waals surface area contributed by atoms with Gasteiger partial charge in [0, 0.05) is 5.02 Å². The average Bonchev–Trinajstić information content (AvgIpc) is 2.43. The molecule has 0 aliphatic carbocycles. The molecule has 0 spiro atoms. The average molecular weight is 302 g/mol. The minimum Gasteiger partial charge on any atom is -0.330 e. The van der Waals surface area contributed by atoms with Crippen molar-refractivity contribution in [2.75, 3.05) is 6.54 Å². The minimum atomic E-state index is 0.464. The third-order valence-electron chi connectivity index (χ3n) is 4.10. The van der Waals surface area contributed by atoms with Crippen molar-refractivity contribution in [2.45, 2.75) is 33.6 Å². The molecular formula is C19H24ClN. The van der Waals surface area contributed by atoms with Crippen LogP contribution in [0.2, 0.25) is 5.02 Å². The van der Waals surface area contributed by atoms with Gasteiger partial charge < -0.3 is 5.73 Å². The molecule has 0 amide bonds. The summed E-state index contributed by atoms with van der Waals surface area (Å²) < 4.78 is 0. The van der Waals surface area contributed by atoms with E-state index >= 15 is 0 Å². The second-order valence-corrected chi connectivity index (χ2v) is 6.45. The van der Waals surface area contributed by atoms with Gasteiger partial charge in [-0.15, -0.1) is 0 Å². The summed E-state index contributed by atoms with van der Waals surface area (Å²) >= 11 is 5.94. The van der Waals surface area contributed by atoms with Crippen molar-refractivity contribution in [2.24, 2.45) is 11.7 Å². The largest absolute Gasteiger partial charge is 0.330 e. The second-order valence-electron chi connectivity index (χ2n) is 6.01. The molecule has 1 unspecified atom stereocenters. The van der Waals surface area contributed by atoms with Gasteiger partial charge in [0.05, 0.1) is 0 Å². The van der Waals surface area contributed by atoms with Gasteiger partial charge in [-0.25, -0.2) is 0 Å². The number of benzene rings is 2. The van der Waals surface area contributed by atoms with Gasteiger partial charge in [-0.3, -0.25) is 0 Å². The molecule has 2 aromatic carbocycles. The summed E-state index contributed by atoms with van der Waals surface area (Å²) in [5, 5.41) is 0.785. The molecule has 0 aromatic heterocycles. The number of halogens is 1. The van der Waals surface area contributed by atoms with Crippen LogP contribution in [-0.2, 0) is 12.8 Å². The van der Waals surface area contributed by atoms with Gasteiger partial charge in [-0.1, -0.05) is 41.4 Å². The van der Waals surface area contributed by atoms with Crippen LogP contribution in [0.4, 0.5) is 0 Å². The van der Waals surface area contributed by atoms with Gasteiger partial charge in [0.1, 0.15) is 0 Å². The summed E-state index contributed by atoms with van der Waals surface area (Å²) in [6, 6.07) is 12.6. The minimum absolute atomic E-state index is 0.464. The Morgan fingerprint density at radius 1 is 0.952 bits per heavy atom. The van der Waals surface area contributed by atoms with Crippen molar-refractivity contribution in [1.82, 2.24) is 0 Å². The van der Waals surface area contributed by atoms with Crippen molar-refractivity contribution in [3.05, 3.63) is 69.2 Å². The van der Waals surface area contributed by atoms with Gasteiger partial charge in [0.2, 0.25) is 0 Å². The highest BCUT2D eigenvalue weighted by molar-refractivity contribution is 6.30. The Hall–Kier alpha value is -1.31. The van der Waals surface area contributed by atoms with Crippen LogP contribution in [0.5, 0.6) is 0 Å². The second kappa shape index (κ2) is 7.11. The van der Waals surface area contributed by atoms with Crippen LogP contribution in [-0.4, -0.2) is 6.54 Å². The monoisotopic (exact) mass is 301 g/mol. The topological polar surface area (TPSA) is 26.0 Å². The van der Waals surface area contributed by atoms with Crippen LogP contribution in [0.3, 0.4) is 0 Å². The fourth-order valence-electron chi connectivity index (χ4n) is 3.01. The van der Waals surface area contributed by atoms with Crippen LogP contribution in [0, 0.1) is 26.7 Å². The number of rotatable bonds is 5. The van der Waals surface area contributed by atoms with Gasteiger partial charge in [-0.2, -0.15) is 0 Å². The van der Waals surface area contributed by atoms with Crippen molar-refractivity contribution >= 4 is 11.6 Å². The summed E-state index contributed by atoms with van der Waals surface area (Å²) in [5.74, 6) is 0.464. The lowest BCUT2D eigenvalue weighted by molar-refractivity contribution is 0.531. The van der Waals surface area contributed by atoms with Gasteiger partial charge in [0.25, 0.3) is 0 Å². The highest BCUT2D eigenvalue weighted by Gasteiger charge is 2.13. The van der Waals surface area contributed by atoms with E-state index in [0.29, 0.717) is 12.5 Å². The van der Waals surface area contributed by atoms with Crippen molar-refractivity contribution < 1.29 is 0 Å². The van der Waals surface area contributed by atoms with Crippen LogP contribution in [0.15, 0.2) is 36.4 Å². The summed E-state index contributed by atoms with van der Waals surface area (Å²) in [6.45, 7) is 7.25. The Morgan fingerprint density at radius 3 is 2.05 bits per heavy atom. The fourth-order valence-corrected chi connectivity index (χ4v) is 3.14. The van der Waals surface area contributed by atoms with E-state index < -0.39 is 0 Å². The maximum atomic E-state index is 6.00. The van der Waals surface area contributed by atoms with E-state index in [-0.39, 0.29) is 0 Å². The Morgan fingerprint density at radius 2 is 1.52 bits per heavy atom. The quantitative estimate of drug-likeness (QED) is 0.856. The maximum Gasteiger partial charge on any atom is 0.0406 e. The Balaban J connectivity index is 2.14. The number of aryl methyl sites for hydroxylation is 3. The van der Waals surface area contributed by atoms with E-state index in [9.17, 15) is 0 Å². The molecule has 2 N–H and O–H groups in total. The Kier molecular flexibility index (Phi) is 5.44. The van der Waals surface area contributed by atoms with E-state index in [4.69, 9.17) is 17.3 Å². The lowest BCUT2D eigenvalue weighted by atomic mass is 9.88. The molecule has 2 aromatic rings. The number of hydrogen-bond donors (Lipinski definition) is 1. The zero-order valence-electron chi connectivity index (χ0n) is 13.1. The SMILES string of the molecule is Cc1cc(C)c(CC(CN)Cc2ccc(Cl)cc2)c(C)c1. The van der Waals surface area contributed by atoms with Crippen LogP contribution < -0.4 is 5.73 Å². The molecule has 112 valence electrons. The number of hydrogen-bond acceptors (Lipinski definition) is 1. The lowest BCUT2D eigenvalue weighted by Gasteiger charge is -2.19. The fraction of sp³-hybridized carbons (Fsp3) is 0.368. The van der Waals surface area contributed by atoms with E-state index in [2.05, 4.69) is 45.0 Å². The smallest absolute Gasteiger partial charge is 0.0406 e. The zero-order valence-corrected chi connectivity index (χ0v) is 13.9. The first-order chi connectivity index (χ1) is 9.99. The molecule has 1 atom stereocenters. The molecule has 0 saturated carbocycles. The number of nitrogens with two attached hydrogens (primary N) is 1. The molecule has 0 saturated heterocycles. The third kappa shape index (κ3) is 4.33. The van der Waals surface area contributed by atoms with Crippen molar-refractivity contribution in [3.63, 3.8) is 0 Å². The summed E-state index contributed by atoms with van der Waals surface area (Å²) in [5.41, 5.74) is 12.8. The molecule has 0 fully saturated rings. The first-order valence-electron chi connectivity index (χ1n) is 7.51. The lowest BCUT2D eigenvalue weighted by Crippen LogP contribution is -2.20. The highest BCUT2D eigenvalue weighted by Crippen LogP contribution is 2.22. The molecule has 0 heterocycles. The standard InChI is InChI=1S/C19H24ClN/c1-13-8-14(2)19(15(3)9-13)11-17(12-21)10-16-4-6-18(20)7-5-16/h4-9,17H,10-12,21H2,1-3H3. The Bertz CT molecular complexity index is 578. The molecule has 0 aliphatic heterocycles. The molecule has 2 heteroatoms. The highest BCUT2D eigenvalue weighted by atomic mass is 35.5. The molecule has 0 radical (unpaired) electrons. The molecule has 2 rings (SSSR count). The van der Waals surface area contributed by atoms with Gasteiger partial charge in [-0.05, 0) is 80.5 Å². The van der Waals surface area contributed by atoms with Crippen LogP contribution in [0.25, 0.3) is 0 Å². The van der Waals surface area contributed by atoms with Crippen molar-refractivity contribution in [3.8, 4) is 0 Å². The zero-order chi connectivity index (χ0) is 15.4. The predicted octanol–water partition coefficient (Wildman–Crippen LogP) is 4.63. The molecule has 0 bridgehead atoms. The molecule has 21 heavy (non-hydrogen) atoms. The van der Waals surface area contributed by atoms with E-state index in [1.165, 1.54) is 27.8 Å². The van der Waals surface area contributed by atoms with E-state index in [0.717, 1.165) is 17.9 Å². The molecule has 1 nitrogen and oxygen atoms in total. The third-order valence-corrected chi connectivity index (χ3v) is 4.36.